The fraction of sp³-hybridized carbons (Fsp3) is 0.342. The van der Waals surface area contributed by atoms with Crippen LogP contribution in [0.5, 0.6) is 0 Å². The zero-order valence-corrected chi connectivity index (χ0v) is 93.8. The topological polar surface area (TPSA) is 15.5 Å². The van der Waals surface area contributed by atoms with E-state index < -0.39 is 39.2 Å². The van der Waals surface area contributed by atoms with Crippen LogP contribution >= 0.6 is 0 Å². The van der Waals surface area contributed by atoms with E-state index in [2.05, 4.69) is 394 Å². The van der Waals surface area contributed by atoms with Crippen LogP contribution in [0.15, 0.2) is 286 Å². The lowest BCUT2D eigenvalue weighted by Gasteiger charge is -2.49. The number of nitrogens with zero attached hydrogens (tertiary/aromatic N) is 4. The van der Waals surface area contributed by atoms with Crippen LogP contribution in [-0.4, -0.2) is 0 Å². The molecule has 6 aliphatic carbocycles. The molecular formula is C146H160N4+4. The quantitative estimate of drug-likeness (QED) is 0.135. The molecule has 0 saturated heterocycles. The molecule has 0 N–H and O–H groups in total. The second-order valence-corrected chi connectivity index (χ2v) is 49.0. The van der Waals surface area contributed by atoms with Gasteiger partial charge < -0.3 is 0 Å². The fourth-order valence-corrected chi connectivity index (χ4v) is 27.2. The molecule has 14 aromatic carbocycles. The zero-order chi connectivity index (χ0) is 118. The average molecular weight is 1980 g/mol. The first-order valence-electron chi connectivity index (χ1n) is 61.8. The van der Waals surface area contributed by atoms with Gasteiger partial charge in [0.15, 0.2) is 24.3 Å². The van der Waals surface area contributed by atoms with Gasteiger partial charge in [0.05, 0.1) is 11.1 Å². The van der Waals surface area contributed by atoms with E-state index in [0.29, 0.717) is 22.4 Å². The van der Waals surface area contributed by atoms with Crippen molar-refractivity contribution in [1.29, 1.82) is 0 Å². The SMILES string of the molecule is [2H]C([2H])([2H])c1c(C)cc(-c2ccc3c(c2C)-c2cc4ccccc4cc2C(C)(C)C3(C)C)[n+](C)c1C([2H])([2H])[2H].[2H]C([2H])([2H])c1cc(-c2ccccc2)ccc1-c1cc(-c2ccc3c(c2C)-c2ccc4ccccc4c2C(C)(C)C3(C)C)[n+](C)cc1C([2H])([2H])[2H].[2H]C1(c2c[n+](C)c(-c3c(C)ccc4c3-c3cc5ccccc5cc3C(C)(C)C4(C)C)cc2C)CCCC1.[2H]C1(c2c[n+](C)c(-c3c(C)ccc4c3-c3ccc5ccccc5c3C(C)(C)C4(C)C)cc2C)CCCCC1. The van der Waals surface area contributed by atoms with E-state index in [-0.39, 0.29) is 65.7 Å². The summed E-state index contributed by atoms with van der Waals surface area (Å²) in [7, 11) is 7.89. The van der Waals surface area contributed by atoms with E-state index in [0.717, 1.165) is 90.4 Å². The van der Waals surface area contributed by atoms with E-state index in [9.17, 15) is 2.74 Å². The van der Waals surface area contributed by atoms with Crippen LogP contribution in [0.1, 0.15) is 317 Å². The Kier molecular flexibility index (Phi) is 21.7. The highest BCUT2D eigenvalue weighted by Crippen LogP contribution is 2.63. The molecule has 0 amide bonds. The molecule has 0 bridgehead atoms. The molecule has 0 atom stereocenters. The molecule has 4 heterocycles. The minimum absolute atomic E-state index is 0.0199. The smallest absolute Gasteiger partial charge is 0.201 e. The van der Waals surface area contributed by atoms with Crippen molar-refractivity contribution in [2.75, 3.05) is 0 Å². The first kappa shape index (κ1) is 86.4. The van der Waals surface area contributed by atoms with Gasteiger partial charge in [0, 0.05) is 94.5 Å². The summed E-state index contributed by atoms with van der Waals surface area (Å²) in [6, 6.07) is 94.7. The number of hydrogen-bond donors (Lipinski definition) is 0. The Morgan fingerprint density at radius 2 is 0.613 bits per heavy atom. The molecular weight excluding hydrogens is 1810 g/mol. The van der Waals surface area contributed by atoms with Gasteiger partial charge in [-0.05, 0) is 374 Å². The Balaban J connectivity index is 0.000000126. The van der Waals surface area contributed by atoms with Gasteiger partial charge >= 0.3 is 0 Å². The number of pyridine rings is 4. The first-order chi connectivity index (χ1) is 76.7. The Morgan fingerprint density at radius 1 is 0.240 bits per heavy atom. The normalized spacial score (nSPS) is 18.9. The van der Waals surface area contributed by atoms with Gasteiger partial charge in [0.1, 0.15) is 28.2 Å². The van der Waals surface area contributed by atoms with Gasteiger partial charge in [0.2, 0.25) is 22.8 Å². The molecule has 18 aromatic rings. The maximum Gasteiger partial charge on any atom is 0.213 e. The second kappa shape index (κ2) is 37.7. The third-order valence-electron chi connectivity index (χ3n) is 38.8. The molecule has 0 unspecified atom stereocenters. The number of benzene rings is 14. The van der Waals surface area contributed by atoms with E-state index in [1.165, 1.54) is 194 Å². The highest BCUT2D eigenvalue weighted by atomic mass is 15.0. The Labute approximate surface area is 917 Å². The van der Waals surface area contributed by atoms with Crippen molar-refractivity contribution in [3.63, 3.8) is 0 Å². The van der Waals surface area contributed by atoms with Gasteiger partial charge in [-0.1, -0.05) is 349 Å². The van der Waals surface area contributed by atoms with Crippen molar-refractivity contribution in [3.05, 3.63) is 402 Å². The van der Waals surface area contributed by atoms with Gasteiger partial charge in [-0.2, -0.15) is 4.57 Å². The molecule has 760 valence electrons. The van der Waals surface area contributed by atoms with Crippen LogP contribution in [-0.2, 0) is 71.5 Å². The summed E-state index contributed by atoms with van der Waals surface area (Å²) in [6.45, 7) is 42.8. The van der Waals surface area contributed by atoms with Gasteiger partial charge in [-0.25, -0.2) is 13.7 Å². The van der Waals surface area contributed by atoms with Crippen molar-refractivity contribution in [2.24, 2.45) is 28.2 Å². The van der Waals surface area contributed by atoms with Crippen molar-refractivity contribution in [1.82, 2.24) is 0 Å². The molecule has 4 nitrogen and oxygen atoms in total. The minimum Gasteiger partial charge on any atom is -0.201 e. The van der Waals surface area contributed by atoms with Gasteiger partial charge in [-0.15, -0.1) is 0 Å². The first-order valence-corrected chi connectivity index (χ1v) is 54.8. The summed E-state index contributed by atoms with van der Waals surface area (Å²) in [5, 5.41) is 10.1. The molecule has 2 fully saturated rings. The van der Waals surface area contributed by atoms with E-state index in [1.54, 1.807) is 36.9 Å². The molecule has 4 heteroatoms. The van der Waals surface area contributed by atoms with Crippen LogP contribution in [0.3, 0.4) is 0 Å². The maximum atomic E-state index is 9.32. The molecule has 2 saturated carbocycles. The third kappa shape index (κ3) is 16.3. The third-order valence-corrected chi connectivity index (χ3v) is 38.8. The fourth-order valence-electron chi connectivity index (χ4n) is 27.2. The van der Waals surface area contributed by atoms with Gasteiger partial charge in [0.25, 0.3) is 0 Å². The minimum atomic E-state index is -2.58. The lowest BCUT2D eigenvalue weighted by molar-refractivity contribution is -0.667. The molecule has 4 aromatic heterocycles. The monoisotopic (exact) mass is 1980 g/mol. The van der Waals surface area contributed by atoms with Crippen molar-refractivity contribution >= 4 is 43.1 Å². The van der Waals surface area contributed by atoms with E-state index in [1.807, 2.05) is 60.1 Å². The average Bonchev–Trinajstić information content (AvgIpc) is 0.717. The van der Waals surface area contributed by atoms with Crippen molar-refractivity contribution < 1.29 is 37.5 Å². The predicted molar refractivity (Wildman–Crippen MR) is 638 cm³/mol. The lowest BCUT2D eigenvalue weighted by Crippen LogP contribution is -2.44. The summed E-state index contributed by atoms with van der Waals surface area (Å²) in [6.07, 6.45) is 16.0. The number of aromatic nitrogens is 4. The van der Waals surface area contributed by atoms with E-state index in [4.69, 9.17) is 16.4 Å². The Bertz CT molecular complexity index is 9220. The summed E-state index contributed by atoms with van der Waals surface area (Å²) in [4.78, 5) is 0. The van der Waals surface area contributed by atoms with Crippen LogP contribution in [0.4, 0.5) is 0 Å². The summed E-state index contributed by atoms with van der Waals surface area (Å²) in [5.74, 6) is -0.898. The maximum absolute atomic E-state index is 9.32. The Hall–Kier alpha value is -13.3. The Morgan fingerprint density at radius 3 is 1.09 bits per heavy atom. The summed E-state index contributed by atoms with van der Waals surface area (Å²) < 4.78 is 127. The van der Waals surface area contributed by atoms with Gasteiger partial charge in [-0.3, -0.25) is 0 Å². The lowest BCUT2D eigenvalue weighted by atomic mass is 9.54. The highest BCUT2D eigenvalue weighted by molar-refractivity contribution is 6.03. The number of aryl methyl sites for hydroxylation is 10. The predicted octanol–water partition coefficient (Wildman–Crippen LogP) is 36.7. The molecule has 24 rings (SSSR count). The van der Waals surface area contributed by atoms with E-state index >= 15 is 0 Å². The summed E-state index contributed by atoms with van der Waals surface area (Å²) in [5.41, 5.74) is 41.5. The molecule has 0 spiro atoms. The van der Waals surface area contributed by atoms with Crippen LogP contribution in [0, 0.1) is 75.9 Å². The van der Waals surface area contributed by atoms with Crippen molar-refractivity contribution in [3.8, 4) is 112 Å². The number of hydrogen-bond acceptors (Lipinski definition) is 0. The van der Waals surface area contributed by atoms with Crippen LogP contribution in [0.25, 0.3) is 155 Å². The zero-order valence-electron chi connectivity index (χ0n) is 108. The molecule has 0 aliphatic heterocycles. The molecule has 150 heavy (non-hydrogen) atoms. The number of rotatable bonds is 8. The van der Waals surface area contributed by atoms with Crippen LogP contribution in [0.2, 0.25) is 0 Å². The number of fused-ring (bicyclic) bond motifs is 18. The second-order valence-electron chi connectivity index (χ2n) is 49.0. The molecule has 0 radical (unpaired) electrons. The van der Waals surface area contributed by atoms with Crippen molar-refractivity contribution in [2.45, 2.75) is 300 Å². The summed E-state index contributed by atoms with van der Waals surface area (Å²) >= 11 is 0. The molecule has 6 aliphatic rings. The standard InChI is InChI=1S/C43H42N.C36H42N.C35H40N.C32H36N/c1-27-24-32(30-14-10-9-11-15-30)19-20-33(27)37-25-39(44(8)26-28(37)2)34-22-23-38-40(29(34)3)36-21-18-31-16-12-13-17-35(31)41(36)43(6,7)42(38,4)5;1-23-17-20-30-33(32(23)31-21-24(2)29(22-37(31)7)25-13-9-8-10-14-25)28-19-18-26-15-11-12-16-27(26)34(28)36(5,6)35(30,3)4;1-22-16-17-29-33(32(22)31-18-23(2)28(21-36(31)7)24-12-8-9-13-24)27-19-25-14-10-11-15-26(25)20-30(27)35(5,6)34(29,3)4;1-19-16-29(33(9)22(4)20(19)2)25-14-15-27-30(21(25)3)26-17-23-12-10-11-13-24(23)18-28(26)32(7,8)31(27,5)6/h9-26H,1-8H3;11-12,15-22,25H,8-10,13-14H2,1-7H3;10-11,14-21,24H,8-9,12-13H2,1-7H3;10-18H,1-9H3/q4*+1/i1D3,2D3;25D;24D;2D3,4D3. The highest BCUT2D eigenvalue weighted by Gasteiger charge is 2.53. The van der Waals surface area contributed by atoms with Crippen LogP contribution < -0.4 is 18.3 Å². The largest absolute Gasteiger partial charge is 0.213 e.